The maximum Gasteiger partial charge on any atom is 0.333 e. The van der Waals surface area contributed by atoms with E-state index in [4.69, 9.17) is 4.74 Å². The van der Waals surface area contributed by atoms with Crippen molar-refractivity contribution >= 4 is 23.1 Å². The van der Waals surface area contributed by atoms with Crippen LogP contribution >= 0.6 is 11.3 Å². The molecule has 2 N–H and O–H groups in total. The van der Waals surface area contributed by atoms with E-state index in [1.807, 2.05) is 31.2 Å². The summed E-state index contributed by atoms with van der Waals surface area (Å²) in [4.78, 5) is 23.9. The van der Waals surface area contributed by atoms with Crippen molar-refractivity contribution in [1.29, 1.82) is 0 Å². The van der Waals surface area contributed by atoms with Crippen LogP contribution < -0.4 is 5.32 Å². The lowest BCUT2D eigenvalue weighted by Crippen LogP contribution is -2.26. The number of ketones is 1. The number of aliphatic carboxylic acids is 1. The Kier molecular flexibility index (Phi) is 8.64. The fourth-order valence-electron chi connectivity index (χ4n) is 2.78. The number of carboxylic acid groups (broad SMARTS) is 1. The van der Waals surface area contributed by atoms with Gasteiger partial charge < -0.3 is 15.2 Å². The Hall–Kier alpha value is -2.02. The molecule has 0 radical (unpaired) electrons. The molecule has 146 valence electrons. The molecule has 2 rings (SSSR count). The minimum absolute atomic E-state index is 0.247. The molecule has 0 aliphatic carbocycles. The molecule has 0 aliphatic rings. The molecule has 0 spiro atoms. The number of hydrogen-bond donors (Lipinski definition) is 2. The molecule has 0 saturated carbocycles. The second-order valence-corrected chi connectivity index (χ2v) is 7.37. The first-order valence-electron chi connectivity index (χ1n) is 9.27. The number of nitrogens with one attached hydrogen (secondary N) is 1. The summed E-state index contributed by atoms with van der Waals surface area (Å²) < 4.78 is 5.27. The summed E-state index contributed by atoms with van der Waals surface area (Å²) in [5, 5.41) is 14.5. The number of hydrogen-bond acceptors (Lipinski definition) is 5. The highest BCUT2D eigenvalue weighted by Crippen LogP contribution is 2.26. The first-order chi connectivity index (χ1) is 13.0. The van der Waals surface area contributed by atoms with Crippen molar-refractivity contribution in [2.75, 3.05) is 13.2 Å². The Bertz CT molecular complexity index is 739. The van der Waals surface area contributed by atoms with Crippen molar-refractivity contribution in [2.45, 2.75) is 45.8 Å². The molecule has 2 aromatic rings. The molecule has 0 aliphatic heterocycles. The van der Waals surface area contributed by atoms with Crippen LogP contribution in [0.15, 0.2) is 35.7 Å². The van der Waals surface area contributed by atoms with E-state index in [9.17, 15) is 14.7 Å². The van der Waals surface area contributed by atoms with E-state index in [0.29, 0.717) is 32.5 Å². The van der Waals surface area contributed by atoms with Crippen LogP contribution in [0.5, 0.6) is 0 Å². The average molecular weight is 390 g/mol. The molecular formula is C21H27NO4S. The number of carbonyl (C=O) groups is 2. The molecule has 0 fully saturated rings. The van der Waals surface area contributed by atoms with Gasteiger partial charge in [-0.25, -0.2) is 4.79 Å². The van der Waals surface area contributed by atoms with Crippen molar-refractivity contribution in [3.05, 3.63) is 46.2 Å². The lowest BCUT2D eigenvalue weighted by atomic mass is 10.0. The standard InChI is InChI=1S/C21H27NO4S/c1-3-5-18(23)12-22-13-19-11-17(14-27-19)16-8-6-15(7-9-16)10-20(21(24)25)26-4-2/h6-9,11,14,20,22H,3-5,10,12-13H2,1-2H3,(H,24,25)/t20-/m0/s1. The van der Waals surface area contributed by atoms with Crippen molar-refractivity contribution in [1.82, 2.24) is 5.32 Å². The molecule has 1 atom stereocenters. The van der Waals surface area contributed by atoms with Gasteiger partial charge in [-0.1, -0.05) is 31.2 Å². The molecule has 6 heteroatoms. The topological polar surface area (TPSA) is 75.6 Å². The SMILES string of the molecule is CCCC(=O)CNCc1cc(-c2ccc(C[C@H](OCC)C(=O)O)cc2)cs1. The minimum Gasteiger partial charge on any atom is -0.479 e. The highest BCUT2D eigenvalue weighted by Gasteiger charge is 2.17. The van der Waals surface area contributed by atoms with Gasteiger partial charge in [0, 0.05) is 30.9 Å². The Morgan fingerprint density at radius 3 is 2.56 bits per heavy atom. The van der Waals surface area contributed by atoms with E-state index in [1.165, 1.54) is 4.88 Å². The van der Waals surface area contributed by atoms with E-state index >= 15 is 0 Å². The van der Waals surface area contributed by atoms with Gasteiger partial charge in [-0.15, -0.1) is 11.3 Å². The van der Waals surface area contributed by atoms with E-state index in [-0.39, 0.29) is 5.78 Å². The first-order valence-corrected chi connectivity index (χ1v) is 10.1. The van der Waals surface area contributed by atoms with Crippen molar-refractivity contribution < 1.29 is 19.4 Å². The highest BCUT2D eigenvalue weighted by atomic mass is 32.1. The Labute approximate surface area is 164 Å². The largest absolute Gasteiger partial charge is 0.479 e. The summed E-state index contributed by atoms with van der Waals surface area (Å²) in [5.74, 6) is -0.690. The normalized spacial score (nSPS) is 12.1. The van der Waals surface area contributed by atoms with Gasteiger partial charge in [-0.3, -0.25) is 4.79 Å². The summed E-state index contributed by atoms with van der Waals surface area (Å²) in [7, 11) is 0. The zero-order valence-corrected chi connectivity index (χ0v) is 16.7. The van der Waals surface area contributed by atoms with Gasteiger partial charge in [0.2, 0.25) is 0 Å². The maximum atomic E-state index is 11.5. The summed E-state index contributed by atoms with van der Waals surface area (Å²) in [6.45, 7) is 5.28. The number of rotatable bonds is 12. The predicted octanol–water partition coefficient (Wildman–Crippen LogP) is 3.91. The highest BCUT2D eigenvalue weighted by molar-refractivity contribution is 7.10. The van der Waals surface area contributed by atoms with Crippen LogP contribution in [0.25, 0.3) is 11.1 Å². The predicted molar refractivity (Wildman–Crippen MR) is 108 cm³/mol. The minimum atomic E-state index is -0.937. The van der Waals surface area contributed by atoms with Crippen molar-refractivity contribution in [2.24, 2.45) is 0 Å². The fraction of sp³-hybridized carbons (Fsp3) is 0.429. The summed E-state index contributed by atoms with van der Waals surface area (Å²) >= 11 is 1.66. The van der Waals surface area contributed by atoms with Crippen molar-refractivity contribution in [3.8, 4) is 11.1 Å². The third-order valence-electron chi connectivity index (χ3n) is 4.16. The summed E-state index contributed by atoms with van der Waals surface area (Å²) in [6, 6.07) is 10.0. The summed E-state index contributed by atoms with van der Waals surface area (Å²) in [5.41, 5.74) is 3.15. The average Bonchev–Trinajstić information content (AvgIpc) is 3.11. The second-order valence-electron chi connectivity index (χ2n) is 6.38. The fourth-order valence-corrected chi connectivity index (χ4v) is 3.65. The monoisotopic (exact) mass is 389 g/mol. The molecule has 0 amide bonds. The number of carbonyl (C=O) groups excluding carboxylic acids is 1. The third kappa shape index (κ3) is 6.90. The molecule has 0 unspecified atom stereocenters. The van der Waals surface area contributed by atoms with Gasteiger partial charge in [-0.05, 0) is 41.5 Å². The van der Waals surface area contributed by atoms with Gasteiger partial charge in [0.05, 0.1) is 6.54 Å². The lowest BCUT2D eigenvalue weighted by molar-refractivity contribution is -0.149. The van der Waals surface area contributed by atoms with Crippen LogP contribution in [0.1, 0.15) is 37.1 Å². The molecule has 0 bridgehead atoms. The van der Waals surface area contributed by atoms with Crippen LogP contribution in [0.2, 0.25) is 0 Å². The van der Waals surface area contributed by atoms with E-state index in [0.717, 1.165) is 23.1 Å². The van der Waals surface area contributed by atoms with Gasteiger partial charge in [0.25, 0.3) is 0 Å². The molecule has 0 saturated heterocycles. The smallest absolute Gasteiger partial charge is 0.333 e. The molecule has 5 nitrogen and oxygen atoms in total. The first kappa shape index (κ1) is 21.3. The maximum absolute atomic E-state index is 11.5. The van der Waals surface area contributed by atoms with Crippen LogP contribution in [0, 0.1) is 0 Å². The quantitative estimate of drug-likeness (QED) is 0.576. The van der Waals surface area contributed by atoms with Gasteiger partial charge >= 0.3 is 5.97 Å². The van der Waals surface area contributed by atoms with E-state index in [2.05, 4.69) is 16.8 Å². The van der Waals surface area contributed by atoms with Crippen LogP contribution in [0.3, 0.4) is 0 Å². The van der Waals surface area contributed by atoms with Gasteiger partial charge in [0.15, 0.2) is 6.10 Å². The molecule has 1 aromatic carbocycles. The Morgan fingerprint density at radius 2 is 1.93 bits per heavy atom. The van der Waals surface area contributed by atoms with E-state index in [1.54, 1.807) is 18.3 Å². The second kappa shape index (κ2) is 11.0. The summed E-state index contributed by atoms with van der Waals surface area (Å²) in [6.07, 6.45) is 1.06. The van der Waals surface area contributed by atoms with Crippen molar-refractivity contribution in [3.63, 3.8) is 0 Å². The molecule has 1 heterocycles. The number of carboxylic acids is 1. The number of benzene rings is 1. The van der Waals surface area contributed by atoms with Gasteiger partial charge in [0.1, 0.15) is 5.78 Å². The van der Waals surface area contributed by atoms with Crippen LogP contribution in [-0.4, -0.2) is 36.1 Å². The number of thiophene rings is 1. The zero-order chi connectivity index (χ0) is 19.6. The molecular weight excluding hydrogens is 362 g/mol. The molecule has 27 heavy (non-hydrogen) atoms. The Balaban J connectivity index is 1.92. The molecule has 1 aromatic heterocycles. The van der Waals surface area contributed by atoms with E-state index < -0.39 is 12.1 Å². The van der Waals surface area contributed by atoms with Crippen LogP contribution in [-0.2, 0) is 27.3 Å². The third-order valence-corrected chi connectivity index (χ3v) is 5.09. The Morgan fingerprint density at radius 1 is 1.19 bits per heavy atom. The lowest BCUT2D eigenvalue weighted by Gasteiger charge is -2.12. The number of ether oxygens (including phenoxy) is 1. The zero-order valence-electron chi connectivity index (χ0n) is 15.9. The number of Topliss-reactive ketones (excluding diaryl/α,β-unsaturated/α-hetero) is 1. The van der Waals surface area contributed by atoms with Gasteiger partial charge in [-0.2, -0.15) is 0 Å². The van der Waals surface area contributed by atoms with Crippen LogP contribution in [0.4, 0.5) is 0 Å².